The predicted molar refractivity (Wildman–Crippen MR) is 108 cm³/mol. The molecule has 0 aliphatic heterocycles. The van der Waals surface area contributed by atoms with Crippen LogP contribution in [0.25, 0.3) is 33.4 Å². The van der Waals surface area contributed by atoms with Crippen LogP contribution in [-0.4, -0.2) is 38.4 Å². The summed E-state index contributed by atoms with van der Waals surface area (Å²) in [6.07, 6.45) is 1.52. The van der Waals surface area contributed by atoms with E-state index < -0.39 is 5.97 Å². The average molecular weight is 390 g/mol. The van der Waals surface area contributed by atoms with Gasteiger partial charge in [-0.15, -0.1) is 0 Å². The van der Waals surface area contributed by atoms with Gasteiger partial charge in [0, 0.05) is 10.9 Å². The number of aromatic hydroxyl groups is 1. The number of methoxy groups -OCH3 is 1. The maximum absolute atomic E-state index is 12.4. The Kier molecular flexibility index (Phi) is 4.38. The Morgan fingerprint density at radius 1 is 1.10 bits per heavy atom. The lowest BCUT2D eigenvalue weighted by Crippen LogP contribution is -2.11. The number of phenols is 1. The van der Waals surface area contributed by atoms with Gasteiger partial charge in [-0.05, 0) is 55.3 Å². The van der Waals surface area contributed by atoms with Gasteiger partial charge < -0.3 is 14.8 Å². The summed E-state index contributed by atoms with van der Waals surface area (Å²) in [6, 6.07) is 8.67. The van der Waals surface area contributed by atoms with Gasteiger partial charge in [0.05, 0.1) is 35.8 Å². The molecule has 8 nitrogen and oxygen atoms in total. The molecule has 1 aromatic carbocycles. The standard InChI is InChI=1S/C21H18N4O4/c1-10-4-12(5-11(2)19(10)26)15-8-14(20(27)25-24-15)16-6-13-7-17(21(28)29-3)22-9-18(13)23-16/h4-9,23,26H,1-3H3,(H,25,27). The third-order valence-electron chi connectivity index (χ3n) is 4.78. The summed E-state index contributed by atoms with van der Waals surface area (Å²) in [6.45, 7) is 3.62. The summed E-state index contributed by atoms with van der Waals surface area (Å²) in [4.78, 5) is 31.3. The first kappa shape index (κ1) is 18.4. The molecule has 0 saturated heterocycles. The van der Waals surface area contributed by atoms with Crippen LogP contribution in [0.1, 0.15) is 21.6 Å². The molecule has 0 aliphatic carbocycles. The van der Waals surface area contributed by atoms with Crippen LogP contribution in [0.5, 0.6) is 5.75 Å². The van der Waals surface area contributed by atoms with Crippen LogP contribution >= 0.6 is 0 Å². The first-order valence-electron chi connectivity index (χ1n) is 8.85. The van der Waals surface area contributed by atoms with Crippen molar-refractivity contribution in [2.75, 3.05) is 7.11 Å². The van der Waals surface area contributed by atoms with E-state index in [0.29, 0.717) is 22.5 Å². The van der Waals surface area contributed by atoms with Crippen LogP contribution in [0.3, 0.4) is 0 Å². The van der Waals surface area contributed by atoms with Gasteiger partial charge in [0.2, 0.25) is 0 Å². The number of fused-ring (bicyclic) bond motifs is 1. The number of phenolic OH excluding ortho intramolecular Hbond substituents is 1. The van der Waals surface area contributed by atoms with E-state index in [2.05, 4.69) is 20.2 Å². The summed E-state index contributed by atoms with van der Waals surface area (Å²) in [5.74, 6) is -0.292. The molecule has 3 aromatic heterocycles. The zero-order valence-electron chi connectivity index (χ0n) is 16.0. The van der Waals surface area contributed by atoms with Crippen molar-refractivity contribution in [3.8, 4) is 28.3 Å². The maximum atomic E-state index is 12.4. The Balaban J connectivity index is 1.82. The fourth-order valence-electron chi connectivity index (χ4n) is 3.25. The second kappa shape index (κ2) is 6.90. The van der Waals surface area contributed by atoms with Crippen molar-refractivity contribution in [2.45, 2.75) is 13.8 Å². The number of benzene rings is 1. The molecule has 0 fully saturated rings. The van der Waals surface area contributed by atoms with Crippen molar-refractivity contribution in [3.05, 3.63) is 63.7 Å². The van der Waals surface area contributed by atoms with Gasteiger partial charge in [0.1, 0.15) is 11.4 Å². The zero-order valence-corrected chi connectivity index (χ0v) is 16.0. The molecular formula is C21H18N4O4. The van der Waals surface area contributed by atoms with E-state index in [1.54, 1.807) is 18.2 Å². The van der Waals surface area contributed by atoms with Crippen molar-refractivity contribution >= 4 is 16.9 Å². The largest absolute Gasteiger partial charge is 0.507 e. The smallest absolute Gasteiger partial charge is 0.356 e. The van der Waals surface area contributed by atoms with Gasteiger partial charge in [-0.25, -0.2) is 14.9 Å². The molecule has 4 aromatic rings. The Labute approximate surface area is 165 Å². The lowest BCUT2D eigenvalue weighted by atomic mass is 10.0. The molecule has 0 unspecified atom stereocenters. The number of rotatable bonds is 3. The van der Waals surface area contributed by atoms with E-state index in [1.807, 2.05) is 26.0 Å². The third-order valence-corrected chi connectivity index (χ3v) is 4.78. The zero-order chi connectivity index (χ0) is 20.7. The highest BCUT2D eigenvalue weighted by atomic mass is 16.5. The van der Waals surface area contributed by atoms with Crippen LogP contribution < -0.4 is 5.56 Å². The molecule has 4 rings (SSSR count). The number of pyridine rings is 1. The number of hydrogen-bond donors (Lipinski definition) is 3. The van der Waals surface area contributed by atoms with Crippen molar-refractivity contribution in [2.24, 2.45) is 0 Å². The van der Waals surface area contributed by atoms with E-state index in [-0.39, 0.29) is 17.0 Å². The number of nitrogens with zero attached hydrogens (tertiary/aromatic N) is 2. The highest BCUT2D eigenvalue weighted by molar-refractivity contribution is 5.94. The van der Waals surface area contributed by atoms with Crippen molar-refractivity contribution in [1.29, 1.82) is 0 Å². The summed E-state index contributed by atoms with van der Waals surface area (Å²) in [5, 5.41) is 17.4. The average Bonchev–Trinajstić information content (AvgIpc) is 3.14. The topological polar surface area (TPSA) is 121 Å². The molecule has 0 bridgehead atoms. The highest BCUT2D eigenvalue weighted by Crippen LogP contribution is 2.29. The quantitative estimate of drug-likeness (QED) is 0.462. The van der Waals surface area contributed by atoms with Crippen LogP contribution in [0.4, 0.5) is 0 Å². The van der Waals surface area contributed by atoms with Gasteiger partial charge in [0.15, 0.2) is 0 Å². The summed E-state index contributed by atoms with van der Waals surface area (Å²) >= 11 is 0. The second-order valence-corrected chi connectivity index (χ2v) is 6.79. The van der Waals surface area contributed by atoms with E-state index in [0.717, 1.165) is 22.1 Å². The van der Waals surface area contributed by atoms with E-state index in [4.69, 9.17) is 4.74 Å². The molecule has 0 saturated carbocycles. The fourth-order valence-corrected chi connectivity index (χ4v) is 3.25. The Hall–Kier alpha value is -3.94. The lowest BCUT2D eigenvalue weighted by molar-refractivity contribution is 0.0594. The number of esters is 1. The molecule has 146 valence electrons. The number of nitrogens with one attached hydrogen (secondary N) is 2. The molecule has 0 atom stereocenters. The monoisotopic (exact) mass is 390 g/mol. The van der Waals surface area contributed by atoms with Crippen molar-refractivity contribution in [1.82, 2.24) is 20.2 Å². The minimum atomic E-state index is -0.531. The van der Waals surface area contributed by atoms with Crippen LogP contribution in [0, 0.1) is 13.8 Å². The number of ether oxygens (including phenoxy) is 1. The first-order valence-corrected chi connectivity index (χ1v) is 8.85. The van der Waals surface area contributed by atoms with E-state index in [9.17, 15) is 14.7 Å². The summed E-state index contributed by atoms with van der Waals surface area (Å²) in [7, 11) is 1.29. The van der Waals surface area contributed by atoms with Crippen LogP contribution in [0.15, 0.2) is 41.3 Å². The minimum absolute atomic E-state index is 0.185. The minimum Gasteiger partial charge on any atom is -0.507 e. The molecule has 8 heteroatoms. The Morgan fingerprint density at radius 3 is 2.52 bits per heavy atom. The summed E-state index contributed by atoms with van der Waals surface area (Å²) in [5.41, 5.74) is 4.28. The normalized spacial score (nSPS) is 11.0. The van der Waals surface area contributed by atoms with Gasteiger partial charge in [-0.2, -0.15) is 5.10 Å². The van der Waals surface area contributed by atoms with Gasteiger partial charge >= 0.3 is 5.97 Å². The number of aromatic amines is 2. The maximum Gasteiger partial charge on any atom is 0.356 e. The number of carbonyl (C=O) groups is 1. The predicted octanol–water partition coefficient (Wildman–Crippen LogP) is 3.09. The fraction of sp³-hybridized carbons (Fsp3) is 0.143. The van der Waals surface area contributed by atoms with Crippen LogP contribution in [0.2, 0.25) is 0 Å². The van der Waals surface area contributed by atoms with Crippen LogP contribution in [-0.2, 0) is 4.74 Å². The van der Waals surface area contributed by atoms with E-state index >= 15 is 0 Å². The Bertz CT molecular complexity index is 1300. The number of H-pyrrole nitrogens is 2. The number of aromatic nitrogens is 4. The molecule has 0 amide bonds. The molecule has 29 heavy (non-hydrogen) atoms. The third kappa shape index (κ3) is 3.25. The summed E-state index contributed by atoms with van der Waals surface area (Å²) < 4.78 is 4.70. The molecule has 0 aliphatic rings. The SMILES string of the molecule is COC(=O)c1cc2cc(-c3cc(-c4cc(C)c(O)c(C)c4)n[nH]c3=O)[nH]c2cn1. The molecule has 0 radical (unpaired) electrons. The molecule has 0 spiro atoms. The van der Waals surface area contributed by atoms with E-state index in [1.165, 1.54) is 13.3 Å². The Morgan fingerprint density at radius 2 is 1.83 bits per heavy atom. The van der Waals surface area contributed by atoms with Crippen molar-refractivity contribution < 1.29 is 14.6 Å². The molecule has 3 N–H and O–H groups in total. The first-order chi connectivity index (χ1) is 13.9. The number of aryl methyl sites for hydroxylation is 2. The lowest BCUT2D eigenvalue weighted by Gasteiger charge is -2.08. The highest BCUT2D eigenvalue weighted by Gasteiger charge is 2.14. The number of hydrogen-bond acceptors (Lipinski definition) is 6. The van der Waals surface area contributed by atoms with Gasteiger partial charge in [-0.1, -0.05) is 0 Å². The molecular weight excluding hydrogens is 372 g/mol. The second-order valence-electron chi connectivity index (χ2n) is 6.79. The van der Waals surface area contributed by atoms with Crippen molar-refractivity contribution in [3.63, 3.8) is 0 Å². The van der Waals surface area contributed by atoms with Gasteiger partial charge in [-0.3, -0.25) is 4.79 Å². The molecule has 3 heterocycles. The van der Waals surface area contributed by atoms with Gasteiger partial charge in [0.25, 0.3) is 5.56 Å². The number of carbonyl (C=O) groups excluding carboxylic acids is 1.